The third-order valence-corrected chi connectivity index (χ3v) is 2.65. The topological polar surface area (TPSA) is 38.0 Å². The van der Waals surface area contributed by atoms with Crippen LogP contribution in [-0.4, -0.2) is 6.04 Å². The zero-order chi connectivity index (χ0) is 7.40. The summed E-state index contributed by atoms with van der Waals surface area (Å²) in [4.78, 5) is 0. The third kappa shape index (κ3) is 2.97. The van der Waals surface area contributed by atoms with Gasteiger partial charge in [0.05, 0.1) is 0 Å². The van der Waals surface area contributed by atoms with Gasteiger partial charge in [-0.05, 0) is 18.8 Å². The van der Waals surface area contributed by atoms with Gasteiger partial charge >= 0.3 is 0 Å². The summed E-state index contributed by atoms with van der Waals surface area (Å²) in [5.41, 5.74) is 2.90. The Morgan fingerprint density at radius 1 is 1.36 bits per heavy atom. The molecule has 0 saturated heterocycles. The van der Waals surface area contributed by atoms with Crippen molar-refractivity contribution in [2.45, 2.75) is 45.1 Å². The van der Waals surface area contributed by atoms with Crippen LogP contribution in [0.1, 0.15) is 39.0 Å². The summed E-state index contributed by atoms with van der Waals surface area (Å²) in [5.74, 6) is 6.25. The molecular weight excluding hydrogens is 160 g/mol. The Hall–Kier alpha value is 0.210. The number of nitrogens with two attached hydrogens (primary N) is 1. The lowest BCUT2D eigenvalue weighted by Gasteiger charge is -2.29. The predicted molar refractivity (Wildman–Crippen MR) is 50.6 cm³/mol. The van der Waals surface area contributed by atoms with Crippen molar-refractivity contribution in [3.05, 3.63) is 0 Å². The maximum atomic E-state index is 5.42. The SMILES string of the molecule is CCC1CCCCC1NN.Cl. The van der Waals surface area contributed by atoms with Gasteiger partial charge < -0.3 is 0 Å². The molecule has 2 nitrogen and oxygen atoms in total. The summed E-state index contributed by atoms with van der Waals surface area (Å²) in [7, 11) is 0. The van der Waals surface area contributed by atoms with Crippen LogP contribution >= 0.6 is 12.4 Å². The van der Waals surface area contributed by atoms with E-state index in [4.69, 9.17) is 5.84 Å². The van der Waals surface area contributed by atoms with Crippen LogP contribution in [0.15, 0.2) is 0 Å². The van der Waals surface area contributed by atoms with Crippen LogP contribution in [-0.2, 0) is 0 Å². The van der Waals surface area contributed by atoms with E-state index in [9.17, 15) is 0 Å². The minimum atomic E-state index is 0. The van der Waals surface area contributed by atoms with Crippen LogP contribution < -0.4 is 11.3 Å². The maximum absolute atomic E-state index is 5.42. The predicted octanol–water partition coefficient (Wildman–Crippen LogP) is 1.84. The molecule has 0 aliphatic heterocycles. The fraction of sp³-hybridized carbons (Fsp3) is 1.00. The molecule has 2 unspecified atom stereocenters. The van der Waals surface area contributed by atoms with Crippen molar-refractivity contribution in [3.63, 3.8) is 0 Å². The Labute approximate surface area is 75.3 Å². The van der Waals surface area contributed by atoms with Gasteiger partial charge in [0.25, 0.3) is 0 Å². The van der Waals surface area contributed by atoms with Crippen molar-refractivity contribution in [3.8, 4) is 0 Å². The summed E-state index contributed by atoms with van der Waals surface area (Å²) >= 11 is 0. The second kappa shape index (κ2) is 5.81. The summed E-state index contributed by atoms with van der Waals surface area (Å²) in [6.07, 6.45) is 6.66. The van der Waals surface area contributed by atoms with Gasteiger partial charge in [0.1, 0.15) is 0 Å². The van der Waals surface area contributed by atoms with E-state index in [1.807, 2.05) is 0 Å². The average Bonchev–Trinajstić information content (AvgIpc) is 2.04. The van der Waals surface area contributed by atoms with Crippen molar-refractivity contribution < 1.29 is 0 Å². The fourth-order valence-electron chi connectivity index (χ4n) is 1.92. The van der Waals surface area contributed by atoms with E-state index < -0.39 is 0 Å². The standard InChI is InChI=1S/C8H18N2.ClH/c1-2-7-5-3-4-6-8(7)10-9;/h7-8,10H,2-6,9H2,1H3;1H. The molecule has 3 heteroatoms. The monoisotopic (exact) mass is 178 g/mol. The van der Waals surface area contributed by atoms with E-state index in [0.29, 0.717) is 6.04 Å². The van der Waals surface area contributed by atoms with Crippen molar-refractivity contribution in [1.82, 2.24) is 5.43 Å². The highest BCUT2D eigenvalue weighted by molar-refractivity contribution is 5.85. The minimum absolute atomic E-state index is 0. The zero-order valence-corrected chi connectivity index (χ0v) is 7.99. The molecule has 1 rings (SSSR count). The highest BCUT2D eigenvalue weighted by Crippen LogP contribution is 2.25. The molecule has 0 radical (unpaired) electrons. The number of hydrazine groups is 1. The molecule has 0 aromatic carbocycles. The molecular formula is C8H19ClN2. The molecule has 2 atom stereocenters. The largest absolute Gasteiger partial charge is 0.271 e. The van der Waals surface area contributed by atoms with E-state index in [2.05, 4.69) is 12.3 Å². The van der Waals surface area contributed by atoms with E-state index in [0.717, 1.165) is 5.92 Å². The first-order chi connectivity index (χ1) is 4.88. The molecule has 1 aliphatic rings. The Balaban J connectivity index is 0.000001000. The van der Waals surface area contributed by atoms with Crippen LogP contribution in [0.25, 0.3) is 0 Å². The van der Waals surface area contributed by atoms with E-state index in [1.54, 1.807) is 0 Å². The Kier molecular flexibility index (Phi) is 5.92. The molecule has 0 spiro atoms. The first kappa shape index (κ1) is 11.2. The normalized spacial score (nSPS) is 31.1. The lowest BCUT2D eigenvalue weighted by molar-refractivity contribution is 0.258. The smallest absolute Gasteiger partial charge is 0.0238 e. The number of hydrogen-bond acceptors (Lipinski definition) is 2. The molecule has 11 heavy (non-hydrogen) atoms. The quantitative estimate of drug-likeness (QED) is 0.500. The molecule has 0 bridgehead atoms. The van der Waals surface area contributed by atoms with Gasteiger partial charge in [-0.25, -0.2) is 0 Å². The molecule has 0 heterocycles. The van der Waals surface area contributed by atoms with Crippen LogP contribution in [0.4, 0.5) is 0 Å². The molecule has 0 aromatic rings. The lowest BCUT2D eigenvalue weighted by Crippen LogP contribution is -2.42. The second-order valence-electron chi connectivity index (χ2n) is 3.23. The first-order valence-electron chi connectivity index (χ1n) is 4.34. The van der Waals surface area contributed by atoms with Gasteiger partial charge in [-0.2, -0.15) is 0 Å². The van der Waals surface area contributed by atoms with Crippen LogP contribution in [0.3, 0.4) is 0 Å². The molecule has 0 aromatic heterocycles. The van der Waals surface area contributed by atoms with Gasteiger partial charge in [0.15, 0.2) is 0 Å². The summed E-state index contributed by atoms with van der Waals surface area (Å²) < 4.78 is 0. The number of nitrogens with one attached hydrogen (secondary N) is 1. The fourth-order valence-corrected chi connectivity index (χ4v) is 1.92. The Bertz CT molecular complexity index is 86.1. The van der Waals surface area contributed by atoms with Gasteiger partial charge in [-0.3, -0.25) is 11.3 Å². The average molecular weight is 179 g/mol. The van der Waals surface area contributed by atoms with Gasteiger partial charge in [-0.1, -0.05) is 26.2 Å². The highest BCUT2D eigenvalue weighted by Gasteiger charge is 2.21. The lowest BCUT2D eigenvalue weighted by atomic mass is 9.83. The summed E-state index contributed by atoms with van der Waals surface area (Å²) in [6, 6.07) is 0.596. The van der Waals surface area contributed by atoms with Crippen LogP contribution in [0.2, 0.25) is 0 Å². The summed E-state index contributed by atoms with van der Waals surface area (Å²) in [5, 5.41) is 0. The van der Waals surface area contributed by atoms with E-state index >= 15 is 0 Å². The van der Waals surface area contributed by atoms with Gasteiger partial charge in [0.2, 0.25) is 0 Å². The van der Waals surface area contributed by atoms with Gasteiger partial charge in [0, 0.05) is 6.04 Å². The van der Waals surface area contributed by atoms with Crippen molar-refractivity contribution >= 4 is 12.4 Å². The number of halogens is 1. The molecule has 1 saturated carbocycles. The highest BCUT2D eigenvalue weighted by atomic mass is 35.5. The first-order valence-corrected chi connectivity index (χ1v) is 4.34. The van der Waals surface area contributed by atoms with E-state index in [1.165, 1.54) is 32.1 Å². The zero-order valence-electron chi connectivity index (χ0n) is 7.18. The maximum Gasteiger partial charge on any atom is 0.0238 e. The number of rotatable bonds is 2. The van der Waals surface area contributed by atoms with Crippen molar-refractivity contribution in [2.75, 3.05) is 0 Å². The molecule has 1 aliphatic carbocycles. The van der Waals surface area contributed by atoms with Crippen molar-refractivity contribution in [1.29, 1.82) is 0 Å². The van der Waals surface area contributed by atoms with Crippen LogP contribution in [0.5, 0.6) is 0 Å². The molecule has 68 valence electrons. The van der Waals surface area contributed by atoms with Crippen molar-refractivity contribution in [2.24, 2.45) is 11.8 Å². The molecule has 0 amide bonds. The Morgan fingerprint density at radius 2 is 2.00 bits per heavy atom. The van der Waals surface area contributed by atoms with Crippen LogP contribution in [0, 0.1) is 5.92 Å². The molecule has 1 fully saturated rings. The third-order valence-electron chi connectivity index (χ3n) is 2.65. The van der Waals surface area contributed by atoms with E-state index in [-0.39, 0.29) is 12.4 Å². The molecule has 3 N–H and O–H groups in total. The van der Waals surface area contributed by atoms with Gasteiger partial charge in [-0.15, -0.1) is 12.4 Å². The summed E-state index contributed by atoms with van der Waals surface area (Å²) in [6.45, 7) is 2.25. The number of hydrogen-bond donors (Lipinski definition) is 2. The minimum Gasteiger partial charge on any atom is -0.271 e. The second-order valence-corrected chi connectivity index (χ2v) is 3.23. The Morgan fingerprint density at radius 3 is 2.45 bits per heavy atom.